The predicted octanol–water partition coefficient (Wildman–Crippen LogP) is 2.26. The summed E-state index contributed by atoms with van der Waals surface area (Å²) in [5.41, 5.74) is 1.05. The number of carbonyl (C=O) groups excluding carboxylic acids is 2. The van der Waals surface area contributed by atoms with Crippen LogP contribution in [0.15, 0.2) is 12.2 Å². The first kappa shape index (κ1) is 12.7. The number of amides is 3. The molecule has 0 aromatic heterocycles. The Morgan fingerprint density at radius 3 is 2.74 bits per heavy atom. The molecule has 1 heterocycles. The van der Waals surface area contributed by atoms with E-state index < -0.39 is 0 Å². The second kappa shape index (κ2) is 4.66. The first-order chi connectivity index (χ1) is 9.06. The lowest BCUT2D eigenvalue weighted by Crippen LogP contribution is -2.37. The molecule has 1 aliphatic heterocycles. The van der Waals surface area contributed by atoms with E-state index in [9.17, 15) is 9.59 Å². The summed E-state index contributed by atoms with van der Waals surface area (Å²) in [6, 6.07) is -0.0876. The normalized spacial score (nSPS) is 33.0. The van der Waals surface area contributed by atoms with Crippen LogP contribution >= 0.6 is 0 Å². The summed E-state index contributed by atoms with van der Waals surface area (Å²) in [5.74, 6) is 2.25. The molecule has 2 aliphatic carbocycles. The second-order valence-corrected chi connectivity index (χ2v) is 6.41. The Bertz CT molecular complexity index is 432. The maximum Gasteiger partial charge on any atom is 0.327 e. The lowest BCUT2D eigenvalue weighted by atomic mass is 10.0. The SMILES string of the molecule is C=C(C)CCN1CC(=O)N(CC2CCC3CC32)C1=O. The molecular weight excluding hydrogens is 240 g/mol. The topological polar surface area (TPSA) is 40.6 Å². The van der Waals surface area contributed by atoms with Crippen molar-refractivity contribution in [3.63, 3.8) is 0 Å². The molecule has 0 aromatic carbocycles. The number of nitrogens with zero attached hydrogens (tertiary/aromatic N) is 2. The molecule has 3 amide bonds. The summed E-state index contributed by atoms with van der Waals surface area (Å²) < 4.78 is 0. The van der Waals surface area contributed by atoms with Gasteiger partial charge in [-0.15, -0.1) is 6.58 Å². The average molecular weight is 262 g/mol. The maximum absolute atomic E-state index is 12.2. The quantitative estimate of drug-likeness (QED) is 0.563. The molecule has 19 heavy (non-hydrogen) atoms. The fourth-order valence-electron chi connectivity index (χ4n) is 3.56. The van der Waals surface area contributed by atoms with Gasteiger partial charge in [-0.1, -0.05) is 5.57 Å². The number of hydrogen-bond donors (Lipinski definition) is 0. The van der Waals surface area contributed by atoms with Crippen molar-refractivity contribution in [2.75, 3.05) is 19.6 Å². The molecule has 0 spiro atoms. The van der Waals surface area contributed by atoms with E-state index in [1.807, 2.05) is 6.92 Å². The zero-order valence-corrected chi connectivity index (χ0v) is 11.6. The minimum Gasteiger partial charge on any atom is -0.315 e. The van der Waals surface area contributed by atoms with Crippen molar-refractivity contribution in [1.82, 2.24) is 9.80 Å². The first-order valence-electron chi connectivity index (χ1n) is 7.30. The minimum absolute atomic E-state index is 0.0178. The van der Waals surface area contributed by atoms with E-state index >= 15 is 0 Å². The van der Waals surface area contributed by atoms with E-state index in [4.69, 9.17) is 0 Å². The van der Waals surface area contributed by atoms with Crippen LogP contribution in [-0.4, -0.2) is 41.4 Å². The summed E-state index contributed by atoms with van der Waals surface area (Å²) in [6.45, 7) is 7.32. The highest BCUT2D eigenvalue weighted by Gasteiger charge is 2.49. The van der Waals surface area contributed by atoms with Crippen LogP contribution in [0.25, 0.3) is 0 Å². The molecule has 4 nitrogen and oxygen atoms in total. The molecule has 104 valence electrons. The van der Waals surface area contributed by atoms with Crippen LogP contribution in [0.5, 0.6) is 0 Å². The fraction of sp³-hybridized carbons (Fsp3) is 0.733. The smallest absolute Gasteiger partial charge is 0.315 e. The molecule has 0 aromatic rings. The maximum atomic E-state index is 12.2. The third-order valence-corrected chi connectivity index (χ3v) is 4.85. The molecule has 0 N–H and O–H groups in total. The van der Waals surface area contributed by atoms with Crippen LogP contribution in [0.3, 0.4) is 0 Å². The number of carbonyl (C=O) groups is 2. The third kappa shape index (κ3) is 2.40. The van der Waals surface area contributed by atoms with Gasteiger partial charge in [0.15, 0.2) is 0 Å². The predicted molar refractivity (Wildman–Crippen MR) is 72.4 cm³/mol. The van der Waals surface area contributed by atoms with Gasteiger partial charge in [0.2, 0.25) is 5.91 Å². The monoisotopic (exact) mass is 262 g/mol. The molecule has 3 rings (SSSR count). The number of hydrogen-bond acceptors (Lipinski definition) is 2. The standard InChI is InChI=1S/C15H22N2O2/c1-10(2)5-6-16-9-14(18)17(15(16)19)8-12-4-3-11-7-13(11)12/h11-13H,1,3-9H2,2H3. The van der Waals surface area contributed by atoms with E-state index in [0.717, 1.165) is 23.8 Å². The Hall–Kier alpha value is -1.32. The van der Waals surface area contributed by atoms with E-state index in [1.165, 1.54) is 24.2 Å². The van der Waals surface area contributed by atoms with Gasteiger partial charge in [0, 0.05) is 13.1 Å². The molecule has 0 radical (unpaired) electrons. The molecule has 3 aliphatic rings. The highest BCUT2D eigenvalue weighted by Crippen LogP contribution is 2.55. The Morgan fingerprint density at radius 2 is 2.16 bits per heavy atom. The molecule has 0 bridgehead atoms. The molecule has 1 saturated heterocycles. The molecule has 4 heteroatoms. The molecule has 3 fully saturated rings. The summed E-state index contributed by atoms with van der Waals surface area (Å²) in [5, 5.41) is 0. The first-order valence-corrected chi connectivity index (χ1v) is 7.30. The minimum atomic E-state index is -0.0876. The van der Waals surface area contributed by atoms with Gasteiger partial charge in [0.05, 0.1) is 0 Å². The van der Waals surface area contributed by atoms with Crippen molar-refractivity contribution in [2.45, 2.75) is 32.6 Å². The highest BCUT2D eigenvalue weighted by molar-refractivity contribution is 6.02. The molecule has 3 atom stereocenters. The van der Waals surface area contributed by atoms with Gasteiger partial charge >= 0.3 is 6.03 Å². The molecular formula is C15H22N2O2. The Balaban J connectivity index is 1.57. The van der Waals surface area contributed by atoms with Gasteiger partial charge < -0.3 is 4.90 Å². The van der Waals surface area contributed by atoms with Gasteiger partial charge in [0.1, 0.15) is 6.54 Å². The van der Waals surface area contributed by atoms with Crippen LogP contribution in [0, 0.1) is 17.8 Å². The summed E-state index contributed by atoms with van der Waals surface area (Å²) in [7, 11) is 0. The summed E-state index contributed by atoms with van der Waals surface area (Å²) >= 11 is 0. The molecule has 3 unspecified atom stereocenters. The van der Waals surface area contributed by atoms with Gasteiger partial charge in [-0.25, -0.2) is 4.79 Å². The number of urea groups is 1. The fourth-order valence-corrected chi connectivity index (χ4v) is 3.56. The summed E-state index contributed by atoms with van der Waals surface area (Å²) in [4.78, 5) is 27.4. The van der Waals surface area contributed by atoms with E-state index in [2.05, 4.69) is 6.58 Å². The van der Waals surface area contributed by atoms with E-state index in [0.29, 0.717) is 19.0 Å². The number of rotatable bonds is 5. The van der Waals surface area contributed by atoms with Crippen LogP contribution in [-0.2, 0) is 4.79 Å². The number of fused-ring (bicyclic) bond motifs is 1. The second-order valence-electron chi connectivity index (χ2n) is 6.41. The van der Waals surface area contributed by atoms with E-state index in [-0.39, 0.29) is 18.5 Å². The van der Waals surface area contributed by atoms with Crippen LogP contribution in [0.4, 0.5) is 4.79 Å². The van der Waals surface area contributed by atoms with Gasteiger partial charge in [0.25, 0.3) is 0 Å². The average Bonchev–Trinajstić information content (AvgIpc) is 2.97. The zero-order valence-electron chi connectivity index (χ0n) is 11.6. The third-order valence-electron chi connectivity index (χ3n) is 4.85. The van der Waals surface area contributed by atoms with Crippen molar-refractivity contribution >= 4 is 11.9 Å². The Morgan fingerprint density at radius 1 is 1.37 bits per heavy atom. The van der Waals surface area contributed by atoms with Crippen LogP contribution < -0.4 is 0 Å². The number of imide groups is 1. The van der Waals surface area contributed by atoms with Gasteiger partial charge in [-0.2, -0.15) is 0 Å². The van der Waals surface area contributed by atoms with Crippen LogP contribution in [0.1, 0.15) is 32.6 Å². The Kier molecular flexibility index (Phi) is 3.11. The zero-order chi connectivity index (χ0) is 13.6. The summed E-state index contributed by atoms with van der Waals surface area (Å²) in [6.07, 6.45) is 4.59. The van der Waals surface area contributed by atoms with Crippen LogP contribution in [0.2, 0.25) is 0 Å². The lowest BCUT2D eigenvalue weighted by Gasteiger charge is -2.21. The van der Waals surface area contributed by atoms with E-state index in [1.54, 1.807) is 4.90 Å². The Labute approximate surface area is 114 Å². The van der Waals surface area contributed by atoms with Crippen molar-refractivity contribution < 1.29 is 9.59 Å². The largest absolute Gasteiger partial charge is 0.327 e. The van der Waals surface area contributed by atoms with Gasteiger partial charge in [-0.05, 0) is 50.4 Å². The highest BCUT2D eigenvalue weighted by atomic mass is 16.2. The molecule has 2 saturated carbocycles. The van der Waals surface area contributed by atoms with Crippen molar-refractivity contribution in [3.8, 4) is 0 Å². The van der Waals surface area contributed by atoms with Gasteiger partial charge in [-0.3, -0.25) is 9.69 Å². The van der Waals surface area contributed by atoms with Crippen molar-refractivity contribution in [1.29, 1.82) is 0 Å². The lowest BCUT2D eigenvalue weighted by molar-refractivity contribution is -0.125. The van der Waals surface area contributed by atoms with Crippen molar-refractivity contribution in [2.24, 2.45) is 17.8 Å². The van der Waals surface area contributed by atoms with Crippen molar-refractivity contribution in [3.05, 3.63) is 12.2 Å².